The number of para-hydroxylation sites is 1. The van der Waals surface area contributed by atoms with Crippen LogP contribution < -0.4 is 10.6 Å². The van der Waals surface area contributed by atoms with Gasteiger partial charge in [-0.1, -0.05) is 29.8 Å². The minimum Gasteiger partial charge on any atom is -0.459 e. The van der Waals surface area contributed by atoms with E-state index < -0.39 is 0 Å². The molecule has 1 aromatic heterocycles. The van der Waals surface area contributed by atoms with Crippen molar-refractivity contribution in [3.8, 4) is 11.3 Å². The van der Waals surface area contributed by atoms with Gasteiger partial charge < -0.3 is 15.1 Å². The molecular weight excluding hydrogens is 340 g/mol. The van der Waals surface area contributed by atoms with Crippen LogP contribution in [0.3, 0.4) is 0 Å². The Bertz CT molecular complexity index is 843. The number of hydrogen-bond acceptors (Lipinski definition) is 2. The van der Waals surface area contributed by atoms with Gasteiger partial charge in [0.25, 0.3) is 0 Å². The molecule has 3 rings (SSSR count). The smallest absolute Gasteiger partial charge is 0.171 e. The molecule has 0 fully saturated rings. The highest BCUT2D eigenvalue weighted by atomic mass is 35.5. The van der Waals surface area contributed by atoms with Gasteiger partial charge in [0.1, 0.15) is 11.5 Å². The molecular formula is C19H17ClN2OS. The highest BCUT2D eigenvalue weighted by Gasteiger charge is 2.06. The summed E-state index contributed by atoms with van der Waals surface area (Å²) in [5.41, 5.74) is 3.13. The van der Waals surface area contributed by atoms with Crippen LogP contribution in [0.4, 0.5) is 5.69 Å². The molecule has 0 aliphatic heterocycles. The van der Waals surface area contributed by atoms with Gasteiger partial charge in [-0.05, 0) is 67.2 Å². The van der Waals surface area contributed by atoms with E-state index in [2.05, 4.69) is 10.6 Å². The molecule has 0 saturated heterocycles. The van der Waals surface area contributed by atoms with Crippen LogP contribution >= 0.6 is 23.8 Å². The van der Waals surface area contributed by atoms with Crippen molar-refractivity contribution in [3.63, 3.8) is 0 Å². The van der Waals surface area contributed by atoms with Crippen molar-refractivity contribution in [2.75, 3.05) is 5.32 Å². The standard InChI is InChI=1S/C19H17ClN2OS/c1-13-4-2-3-5-17(13)22-19(24)21-12-16-10-11-18(23-16)14-6-8-15(20)9-7-14/h2-11H,12H2,1H3,(H2,21,22,24). The van der Waals surface area contributed by atoms with Gasteiger partial charge in [0.05, 0.1) is 6.54 Å². The summed E-state index contributed by atoms with van der Waals surface area (Å²) < 4.78 is 5.84. The fraction of sp³-hybridized carbons (Fsp3) is 0.105. The summed E-state index contributed by atoms with van der Waals surface area (Å²) in [6.45, 7) is 2.56. The van der Waals surface area contributed by atoms with E-state index in [1.807, 2.05) is 67.6 Å². The summed E-state index contributed by atoms with van der Waals surface area (Å²) in [7, 11) is 0. The first-order chi connectivity index (χ1) is 11.6. The van der Waals surface area contributed by atoms with Crippen molar-refractivity contribution in [3.05, 3.63) is 77.0 Å². The van der Waals surface area contributed by atoms with Crippen LogP contribution in [-0.4, -0.2) is 5.11 Å². The molecule has 24 heavy (non-hydrogen) atoms. The average molecular weight is 357 g/mol. The largest absolute Gasteiger partial charge is 0.459 e. The number of rotatable bonds is 4. The van der Waals surface area contributed by atoms with E-state index in [9.17, 15) is 0 Å². The van der Waals surface area contributed by atoms with Crippen LogP contribution in [0.5, 0.6) is 0 Å². The maximum absolute atomic E-state index is 5.90. The topological polar surface area (TPSA) is 37.2 Å². The summed E-state index contributed by atoms with van der Waals surface area (Å²) in [4.78, 5) is 0. The van der Waals surface area contributed by atoms with Gasteiger partial charge in [-0.2, -0.15) is 0 Å². The minimum atomic E-state index is 0.519. The summed E-state index contributed by atoms with van der Waals surface area (Å²) >= 11 is 11.2. The zero-order valence-corrected chi connectivity index (χ0v) is 14.7. The van der Waals surface area contributed by atoms with E-state index in [-0.39, 0.29) is 0 Å². The van der Waals surface area contributed by atoms with Gasteiger partial charge in [-0.25, -0.2) is 0 Å². The first kappa shape index (κ1) is 16.6. The molecule has 122 valence electrons. The predicted molar refractivity (Wildman–Crippen MR) is 103 cm³/mol. The Hall–Kier alpha value is -2.30. The lowest BCUT2D eigenvalue weighted by molar-refractivity contribution is 0.516. The molecule has 0 spiro atoms. The Morgan fingerprint density at radius 2 is 1.79 bits per heavy atom. The minimum absolute atomic E-state index is 0.519. The summed E-state index contributed by atoms with van der Waals surface area (Å²) in [6, 6.07) is 19.4. The second-order valence-corrected chi connectivity index (χ2v) is 6.24. The van der Waals surface area contributed by atoms with Crippen LogP contribution in [-0.2, 0) is 6.54 Å². The van der Waals surface area contributed by atoms with Gasteiger partial charge >= 0.3 is 0 Å². The van der Waals surface area contributed by atoms with Crippen molar-refractivity contribution in [1.82, 2.24) is 5.32 Å². The third-order valence-electron chi connectivity index (χ3n) is 3.61. The van der Waals surface area contributed by atoms with Crippen molar-refractivity contribution < 1.29 is 4.42 Å². The Labute approximate surface area is 151 Å². The molecule has 1 heterocycles. The maximum Gasteiger partial charge on any atom is 0.171 e. The van der Waals surface area contributed by atoms with Crippen molar-refractivity contribution in [2.24, 2.45) is 0 Å². The van der Waals surface area contributed by atoms with E-state index in [1.54, 1.807) is 0 Å². The van der Waals surface area contributed by atoms with E-state index in [0.717, 1.165) is 28.3 Å². The number of hydrogen-bond donors (Lipinski definition) is 2. The Morgan fingerprint density at radius 3 is 2.54 bits per heavy atom. The molecule has 3 nitrogen and oxygen atoms in total. The van der Waals surface area contributed by atoms with Crippen LogP contribution in [0.1, 0.15) is 11.3 Å². The van der Waals surface area contributed by atoms with E-state index in [1.165, 1.54) is 0 Å². The summed E-state index contributed by atoms with van der Waals surface area (Å²) in [5.74, 6) is 1.62. The molecule has 5 heteroatoms. The second-order valence-electron chi connectivity index (χ2n) is 5.40. The lowest BCUT2D eigenvalue weighted by atomic mass is 10.2. The summed E-state index contributed by atoms with van der Waals surface area (Å²) in [5, 5.41) is 7.62. The predicted octanol–water partition coefficient (Wildman–Crippen LogP) is 5.40. The van der Waals surface area contributed by atoms with Crippen LogP contribution in [0.25, 0.3) is 11.3 Å². The molecule has 0 unspecified atom stereocenters. The van der Waals surface area contributed by atoms with Gasteiger partial charge in [0, 0.05) is 16.3 Å². The zero-order valence-electron chi connectivity index (χ0n) is 13.2. The number of anilines is 1. The number of halogens is 1. The third-order valence-corrected chi connectivity index (χ3v) is 4.11. The number of nitrogens with one attached hydrogen (secondary N) is 2. The Balaban J connectivity index is 1.58. The fourth-order valence-electron chi connectivity index (χ4n) is 2.29. The molecule has 0 aliphatic carbocycles. The molecule has 3 aromatic rings. The molecule has 0 saturated carbocycles. The van der Waals surface area contributed by atoms with Crippen molar-refractivity contribution in [2.45, 2.75) is 13.5 Å². The molecule has 2 N–H and O–H groups in total. The van der Waals surface area contributed by atoms with Gasteiger partial charge in [-0.15, -0.1) is 0 Å². The SMILES string of the molecule is Cc1ccccc1NC(=S)NCc1ccc(-c2ccc(Cl)cc2)o1. The molecule has 0 bridgehead atoms. The average Bonchev–Trinajstić information content (AvgIpc) is 3.05. The zero-order chi connectivity index (χ0) is 16.9. The molecule has 2 aromatic carbocycles. The van der Waals surface area contributed by atoms with Crippen LogP contribution in [0.15, 0.2) is 65.1 Å². The maximum atomic E-state index is 5.90. The van der Waals surface area contributed by atoms with Gasteiger partial charge in [-0.3, -0.25) is 0 Å². The number of benzene rings is 2. The molecule has 0 atom stereocenters. The number of thiocarbonyl (C=S) groups is 1. The van der Waals surface area contributed by atoms with E-state index in [4.69, 9.17) is 28.2 Å². The number of furan rings is 1. The second kappa shape index (κ2) is 7.51. The quantitative estimate of drug-likeness (QED) is 0.614. The lowest BCUT2D eigenvalue weighted by Gasteiger charge is -2.11. The Kier molecular flexibility index (Phi) is 5.18. The van der Waals surface area contributed by atoms with E-state index >= 15 is 0 Å². The molecule has 0 radical (unpaired) electrons. The van der Waals surface area contributed by atoms with Crippen molar-refractivity contribution >= 4 is 34.6 Å². The summed E-state index contributed by atoms with van der Waals surface area (Å²) in [6.07, 6.45) is 0. The fourth-order valence-corrected chi connectivity index (χ4v) is 2.60. The highest BCUT2D eigenvalue weighted by Crippen LogP contribution is 2.23. The highest BCUT2D eigenvalue weighted by molar-refractivity contribution is 7.80. The number of aryl methyl sites for hydroxylation is 1. The third kappa shape index (κ3) is 4.16. The molecule has 0 aliphatic rings. The van der Waals surface area contributed by atoms with Crippen LogP contribution in [0, 0.1) is 6.92 Å². The molecule has 0 amide bonds. The monoisotopic (exact) mass is 356 g/mol. The first-order valence-corrected chi connectivity index (χ1v) is 8.35. The van der Waals surface area contributed by atoms with Gasteiger partial charge in [0.2, 0.25) is 0 Å². The van der Waals surface area contributed by atoms with Crippen molar-refractivity contribution in [1.29, 1.82) is 0 Å². The normalized spacial score (nSPS) is 10.4. The van der Waals surface area contributed by atoms with Gasteiger partial charge in [0.15, 0.2) is 5.11 Å². The van der Waals surface area contributed by atoms with Crippen LogP contribution in [0.2, 0.25) is 5.02 Å². The van der Waals surface area contributed by atoms with E-state index in [0.29, 0.717) is 16.7 Å². The lowest BCUT2D eigenvalue weighted by Crippen LogP contribution is -2.27. The first-order valence-electron chi connectivity index (χ1n) is 7.57. The Morgan fingerprint density at radius 1 is 1.04 bits per heavy atom.